The van der Waals surface area contributed by atoms with E-state index in [1.54, 1.807) is 7.11 Å². The molecule has 1 saturated carbocycles. The SMILES string of the molecule is CCC1(CC)C(Br)CC1OCCOCCCOC. The third-order valence-corrected chi connectivity index (χ3v) is 5.47. The van der Waals surface area contributed by atoms with Gasteiger partial charge in [0.1, 0.15) is 0 Å². The molecule has 1 rings (SSSR count). The van der Waals surface area contributed by atoms with E-state index in [2.05, 4.69) is 29.8 Å². The van der Waals surface area contributed by atoms with Gasteiger partial charge < -0.3 is 14.2 Å². The van der Waals surface area contributed by atoms with Crippen LogP contribution in [-0.2, 0) is 14.2 Å². The Bertz CT molecular complexity index is 219. The first-order valence-corrected chi connectivity index (χ1v) is 7.95. The quantitative estimate of drug-likeness (QED) is 0.455. The molecular formula is C14H27BrO3. The number of methoxy groups -OCH3 is 1. The first kappa shape index (κ1) is 16.4. The number of rotatable bonds is 10. The van der Waals surface area contributed by atoms with Gasteiger partial charge in [0.05, 0.1) is 19.3 Å². The molecule has 0 amide bonds. The van der Waals surface area contributed by atoms with Crippen molar-refractivity contribution < 1.29 is 14.2 Å². The highest BCUT2D eigenvalue weighted by molar-refractivity contribution is 9.09. The van der Waals surface area contributed by atoms with Crippen molar-refractivity contribution in [3.63, 3.8) is 0 Å². The monoisotopic (exact) mass is 322 g/mol. The van der Waals surface area contributed by atoms with Crippen LogP contribution in [0.25, 0.3) is 0 Å². The highest BCUT2D eigenvalue weighted by atomic mass is 79.9. The number of alkyl halides is 1. The Kier molecular flexibility index (Phi) is 7.76. The summed E-state index contributed by atoms with van der Waals surface area (Å²) in [4.78, 5) is 0.618. The van der Waals surface area contributed by atoms with Crippen LogP contribution in [-0.4, -0.2) is 44.5 Å². The second kappa shape index (κ2) is 8.51. The zero-order valence-corrected chi connectivity index (χ0v) is 13.5. The second-order valence-electron chi connectivity index (χ2n) is 4.96. The van der Waals surface area contributed by atoms with Gasteiger partial charge in [-0.05, 0) is 25.7 Å². The summed E-state index contributed by atoms with van der Waals surface area (Å²) in [6, 6.07) is 0. The first-order chi connectivity index (χ1) is 8.71. The molecular weight excluding hydrogens is 296 g/mol. The molecule has 4 heteroatoms. The molecule has 0 heterocycles. The van der Waals surface area contributed by atoms with Gasteiger partial charge in [-0.2, -0.15) is 0 Å². The van der Waals surface area contributed by atoms with Crippen molar-refractivity contribution in [2.45, 2.75) is 50.5 Å². The van der Waals surface area contributed by atoms with Gasteiger partial charge in [0, 0.05) is 30.6 Å². The minimum Gasteiger partial charge on any atom is -0.385 e. The number of halogens is 1. The van der Waals surface area contributed by atoms with E-state index in [-0.39, 0.29) is 0 Å². The standard InChI is InChI=1S/C14H27BrO3/c1-4-14(5-2)12(15)11-13(14)18-10-9-17-8-6-7-16-3/h12-13H,4-11H2,1-3H3. The smallest absolute Gasteiger partial charge is 0.0704 e. The molecule has 0 aromatic heterocycles. The molecule has 1 aliphatic carbocycles. The Hall–Kier alpha value is 0.360. The van der Waals surface area contributed by atoms with Crippen LogP contribution in [0.1, 0.15) is 39.5 Å². The lowest BCUT2D eigenvalue weighted by molar-refractivity contribution is -0.118. The third kappa shape index (κ3) is 3.92. The Morgan fingerprint density at radius 3 is 2.39 bits per heavy atom. The highest BCUT2D eigenvalue weighted by Crippen LogP contribution is 2.52. The normalized spacial score (nSPS) is 26.0. The van der Waals surface area contributed by atoms with Crippen LogP contribution in [0.15, 0.2) is 0 Å². The van der Waals surface area contributed by atoms with Crippen molar-refractivity contribution >= 4 is 15.9 Å². The fourth-order valence-electron chi connectivity index (χ4n) is 2.74. The Balaban J connectivity index is 2.09. The van der Waals surface area contributed by atoms with E-state index in [1.807, 2.05) is 0 Å². The predicted molar refractivity (Wildman–Crippen MR) is 77.4 cm³/mol. The van der Waals surface area contributed by atoms with Crippen molar-refractivity contribution in [1.82, 2.24) is 0 Å². The van der Waals surface area contributed by atoms with E-state index in [0.29, 0.717) is 29.6 Å². The van der Waals surface area contributed by atoms with Gasteiger partial charge in [0.25, 0.3) is 0 Å². The van der Waals surface area contributed by atoms with Crippen LogP contribution in [0, 0.1) is 5.41 Å². The van der Waals surface area contributed by atoms with Gasteiger partial charge in [-0.25, -0.2) is 0 Å². The lowest BCUT2D eigenvalue weighted by Crippen LogP contribution is -2.55. The summed E-state index contributed by atoms with van der Waals surface area (Å²) in [5, 5.41) is 0. The molecule has 0 aliphatic heterocycles. The van der Waals surface area contributed by atoms with Gasteiger partial charge in [-0.3, -0.25) is 0 Å². The lowest BCUT2D eigenvalue weighted by atomic mass is 9.62. The zero-order valence-electron chi connectivity index (χ0n) is 11.9. The molecule has 2 unspecified atom stereocenters. The number of ether oxygens (including phenoxy) is 3. The summed E-state index contributed by atoms with van der Waals surface area (Å²) in [6.07, 6.45) is 4.85. The van der Waals surface area contributed by atoms with Gasteiger partial charge >= 0.3 is 0 Å². The zero-order chi connectivity index (χ0) is 13.4. The van der Waals surface area contributed by atoms with Crippen molar-refractivity contribution in [3.8, 4) is 0 Å². The van der Waals surface area contributed by atoms with Crippen LogP contribution in [0.2, 0.25) is 0 Å². The summed E-state index contributed by atoms with van der Waals surface area (Å²) in [7, 11) is 1.71. The topological polar surface area (TPSA) is 27.7 Å². The first-order valence-electron chi connectivity index (χ1n) is 7.03. The second-order valence-corrected chi connectivity index (χ2v) is 6.07. The van der Waals surface area contributed by atoms with Crippen LogP contribution >= 0.6 is 15.9 Å². The number of hydrogen-bond acceptors (Lipinski definition) is 3. The average molecular weight is 323 g/mol. The van der Waals surface area contributed by atoms with E-state index in [9.17, 15) is 0 Å². The minimum absolute atomic E-state index is 0.343. The molecule has 0 saturated heterocycles. The van der Waals surface area contributed by atoms with E-state index in [4.69, 9.17) is 14.2 Å². The van der Waals surface area contributed by atoms with Gasteiger partial charge in [0.2, 0.25) is 0 Å². The fourth-order valence-corrected chi connectivity index (χ4v) is 4.02. The Labute approximate surface area is 120 Å². The van der Waals surface area contributed by atoms with Gasteiger partial charge in [0.15, 0.2) is 0 Å². The Morgan fingerprint density at radius 1 is 1.11 bits per heavy atom. The van der Waals surface area contributed by atoms with E-state index < -0.39 is 0 Å². The molecule has 0 N–H and O–H groups in total. The fraction of sp³-hybridized carbons (Fsp3) is 1.00. The summed E-state index contributed by atoms with van der Waals surface area (Å²) >= 11 is 3.77. The number of hydrogen-bond donors (Lipinski definition) is 0. The predicted octanol–water partition coefficient (Wildman–Crippen LogP) is 3.40. The molecule has 2 atom stereocenters. The van der Waals surface area contributed by atoms with Crippen LogP contribution in [0.3, 0.4) is 0 Å². The van der Waals surface area contributed by atoms with Crippen molar-refractivity contribution in [2.75, 3.05) is 33.5 Å². The van der Waals surface area contributed by atoms with E-state index in [0.717, 1.165) is 26.1 Å². The summed E-state index contributed by atoms with van der Waals surface area (Å²) in [6.45, 7) is 7.44. The highest BCUT2D eigenvalue weighted by Gasteiger charge is 2.51. The average Bonchev–Trinajstić information content (AvgIpc) is 2.38. The maximum absolute atomic E-state index is 5.97. The summed E-state index contributed by atoms with van der Waals surface area (Å²) in [5.74, 6) is 0. The van der Waals surface area contributed by atoms with Crippen LogP contribution in [0.4, 0.5) is 0 Å². The Morgan fingerprint density at radius 2 is 1.83 bits per heavy atom. The van der Waals surface area contributed by atoms with E-state index >= 15 is 0 Å². The maximum Gasteiger partial charge on any atom is 0.0704 e. The molecule has 0 aromatic carbocycles. The molecule has 18 heavy (non-hydrogen) atoms. The summed E-state index contributed by atoms with van der Waals surface area (Å²) < 4.78 is 16.4. The van der Waals surface area contributed by atoms with Crippen LogP contribution < -0.4 is 0 Å². The molecule has 1 fully saturated rings. The molecule has 0 bridgehead atoms. The molecule has 108 valence electrons. The molecule has 0 aromatic rings. The molecule has 1 aliphatic rings. The van der Waals surface area contributed by atoms with Crippen molar-refractivity contribution in [3.05, 3.63) is 0 Å². The van der Waals surface area contributed by atoms with Crippen LogP contribution in [0.5, 0.6) is 0 Å². The van der Waals surface area contributed by atoms with Gasteiger partial charge in [-0.15, -0.1) is 0 Å². The minimum atomic E-state index is 0.343. The maximum atomic E-state index is 5.97. The molecule has 3 nitrogen and oxygen atoms in total. The summed E-state index contributed by atoms with van der Waals surface area (Å²) in [5.41, 5.74) is 0.343. The molecule has 0 radical (unpaired) electrons. The van der Waals surface area contributed by atoms with Gasteiger partial charge in [-0.1, -0.05) is 29.8 Å². The lowest BCUT2D eigenvalue weighted by Gasteiger charge is -2.53. The van der Waals surface area contributed by atoms with Crippen molar-refractivity contribution in [2.24, 2.45) is 5.41 Å². The largest absolute Gasteiger partial charge is 0.385 e. The van der Waals surface area contributed by atoms with Crippen molar-refractivity contribution in [1.29, 1.82) is 0 Å². The van der Waals surface area contributed by atoms with E-state index in [1.165, 1.54) is 12.8 Å². The molecule has 0 spiro atoms. The third-order valence-electron chi connectivity index (χ3n) is 4.19.